The van der Waals surface area contributed by atoms with Crippen LogP contribution in [-0.2, 0) is 11.3 Å². The van der Waals surface area contributed by atoms with Crippen LogP contribution in [0.15, 0.2) is 24.3 Å². The monoisotopic (exact) mass is 362 g/mol. The molecule has 8 heteroatoms. The zero-order chi connectivity index (χ0) is 17.6. The molecule has 0 spiro atoms. The predicted molar refractivity (Wildman–Crippen MR) is 96.0 cm³/mol. The second-order valence-electron chi connectivity index (χ2n) is 5.88. The molecule has 1 N–H and O–H groups in total. The van der Waals surface area contributed by atoms with Gasteiger partial charge in [-0.25, -0.2) is 4.79 Å². The molecule has 0 bridgehead atoms. The molecular weight excluding hydrogens is 340 g/mol. The Bertz CT molecular complexity index is 715. The Morgan fingerprint density at radius 1 is 1.44 bits per heavy atom. The van der Waals surface area contributed by atoms with Gasteiger partial charge >= 0.3 is 6.03 Å². The highest BCUT2D eigenvalue weighted by Gasteiger charge is 2.24. The lowest BCUT2D eigenvalue weighted by Crippen LogP contribution is -2.39. The zero-order valence-electron chi connectivity index (χ0n) is 14.4. The maximum atomic E-state index is 12.8. The molecule has 134 valence electrons. The number of amides is 2. The molecular formula is C17H22N4O3S. The highest BCUT2D eigenvalue weighted by Crippen LogP contribution is 2.22. The minimum atomic E-state index is -0.211. The first kappa shape index (κ1) is 17.6. The van der Waals surface area contributed by atoms with E-state index in [1.165, 1.54) is 11.3 Å². The smallest absolute Gasteiger partial charge is 0.324 e. The normalized spacial score (nSPS) is 16.6. The maximum absolute atomic E-state index is 12.8. The highest BCUT2D eigenvalue weighted by molar-refractivity contribution is 7.15. The number of methoxy groups -OCH3 is 1. The third-order valence-electron chi connectivity index (χ3n) is 4.03. The molecule has 2 amide bonds. The van der Waals surface area contributed by atoms with Crippen molar-refractivity contribution < 1.29 is 14.3 Å². The van der Waals surface area contributed by atoms with Crippen LogP contribution < -0.4 is 10.1 Å². The van der Waals surface area contributed by atoms with E-state index in [9.17, 15) is 4.79 Å². The number of anilines is 1. The van der Waals surface area contributed by atoms with E-state index in [4.69, 9.17) is 9.47 Å². The standard InChI is InChI=1S/C17H22N4O3S/c1-12-19-20-16(25-12)18-17(22)21(11-14-7-5-9-24-14)10-13-6-3-4-8-15(13)23-2/h3-4,6,8,14H,5,7,9-11H2,1-2H3,(H,18,20,22). The summed E-state index contributed by atoms with van der Waals surface area (Å²) in [5, 5.41) is 12.0. The average molecular weight is 362 g/mol. The minimum absolute atomic E-state index is 0.0663. The quantitative estimate of drug-likeness (QED) is 0.855. The van der Waals surface area contributed by atoms with Crippen LogP contribution in [0.5, 0.6) is 5.75 Å². The number of carbonyl (C=O) groups excluding carboxylic acids is 1. The minimum Gasteiger partial charge on any atom is -0.496 e. The lowest BCUT2D eigenvalue weighted by atomic mass is 10.1. The molecule has 1 atom stereocenters. The average Bonchev–Trinajstić information content (AvgIpc) is 3.26. The van der Waals surface area contributed by atoms with Gasteiger partial charge in [0.15, 0.2) is 0 Å². The Labute approximate surface area is 151 Å². The fourth-order valence-electron chi connectivity index (χ4n) is 2.81. The molecule has 2 aromatic rings. The van der Waals surface area contributed by atoms with Crippen molar-refractivity contribution in [2.75, 3.05) is 25.6 Å². The van der Waals surface area contributed by atoms with Gasteiger partial charge in [-0.05, 0) is 25.8 Å². The molecule has 25 heavy (non-hydrogen) atoms. The second-order valence-corrected chi connectivity index (χ2v) is 7.07. The molecule has 1 saturated heterocycles. The van der Waals surface area contributed by atoms with Gasteiger partial charge in [-0.2, -0.15) is 0 Å². The Hall–Kier alpha value is -2.19. The summed E-state index contributed by atoms with van der Waals surface area (Å²) >= 11 is 1.35. The Morgan fingerprint density at radius 3 is 2.96 bits per heavy atom. The largest absolute Gasteiger partial charge is 0.496 e. The molecule has 7 nitrogen and oxygen atoms in total. The Morgan fingerprint density at radius 2 is 2.28 bits per heavy atom. The number of urea groups is 1. The molecule has 0 radical (unpaired) electrons. The molecule has 1 aliphatic rings. The second kappa shape index (κ2) is 8.26. The van der Waals surface area contributed by atoms with E-state index in [1.54, 1.807) is 12.0 Å². The number of nitrogens with one attached hydrogen (secondary N) is 1. The molecule has 2 heterocycles. The summed E-state index contributed by atoms with van der Waals surface area (Å²) in [6, 6.07) is 7.50. The van der Waals surface area contributed by atoms with Crippen molar-refractivity contribution in [3.8, 4) is 5.75 Å². The van der Waals surface area contributed by atoms with Gasteiger partial charge in [0, 0.05) is 18.7 Å². The van der Waals surface area contributed by atoms with Gasteiger partial charge in [0.2, 0.25) is 5.13 Å². The summed E-state index contributed by atoms with van der Waals surface area (Å²) in [5.74, 6) is 0.763. The van der Waals surface area contributed by atoms with Crippen molar-refractivity contribution in [1.29, 1.82) is 0 Å². The number of aryl methyl sites for hydroxylation is 1. The van der Waals surface area contributed by atoms with E-state index in [2.05, 4.69) is 15.5 Å². The SMILES string of the molecule is COc1ccccc1CN(CC1CCCO1)C(=O)Nc1nnc(C)s1. The van der Waals surface area contributed by atoms with Crippen LogP contribution in [0.1, 0.15) is 23.4 Å². The third kappa shape index (κ3) is 4.67. The molecule has 1 aliphatic heterocycles. The van der Waals surface area contributed by atoms with Crippen LogP contribution in [0.3, 0.4) is 0 Å². The molecule has 3 rings (SSSR count). The summed E-state index contributed by atoms with van der Waals surface area (Å²) in [6.45, 7) is 3.58. The summed E-state index contributed by atoms with van der Waals surface area (Å²) < 4.78 is 11.1. The van der Waals surface area contributed by atoms with Crippen LogP contribution in [0, 0.1) is 6.92 Å². The fourth-order valence-corrected chi connectivity index (χ4v) is 3.39. The van der Waals surface area contributed by atoms with E-state index in [0.717, 1.165) is 35.8 Å². The summed E-state index contributed by atoms with van der Waals surface area (Å²) in [4.78, 5) is 14.5. The number of carbonyl (C=O) groups is 1. The van der Waals surface area contributed by atoms with Crippen molar-refractivity contribution in [1.82, 2.24) is 15.1 Å². The van der Waals surface area contributed by atoms with Gasteiger partial charge < -0.3 is 14.4 Å². The lowest BCUT2D eigenvalue weighted by molar-refractivity contribution is 0.0817. The Balaban J connectivity index is 1.74. The van der Waals surface area contributed by atoms with Gasteiger partial charge in [0.1, 0.15) is 10.8 Å². The maximum Gasteiger partial charge on any atom is 0.324 e. The van der Waals surface area contributed by atoms with Crippen molar-refractivity contribution in [3.05, 3.63) is 34.8 Å². The van der Waals surface area contributed by atoms with E-state index in [-0.39, 0.29) is 12.1 Å². The van der Waals surface area contributed by atoms with Crippen molar-refractivity contribution in [2.45, 2.75) is 32.4 Å². The third-order valence-corrected chi connectivity index (χ3v) is 4.78. The van der Waals surface area contributed by atoms with Crippen LogP contribution in [0.4, 0.5) is 9.93 Å². The number of para-hydroxylation sites is 1. The first-order chi connectivity index (χ1) is 12.2. The van der Waals surface area contributed by atoms with Gasteiger partial charge in [0.05, 0.1) is 19.8 Å². The van der Waals surface area contributed by atoms with Gasteiger partial charge in [0.25, 0.3) is 0 Å². The number of aromatic nitrogens is 2. The van der Waals surface area contributed by atoms with Crippen LogP contribution in [0.2, 0.25) is 0 Å². The molecule has 1 unspecified atom stereocenters. The van der Waals surface area contributed by atoms with E-state index in [0.29, 0.717) is 18.2 Å². The van der Waals surface area contributed by atoms with Gasteiger partial charge in [-0.15, -0.1) is 10.2 Å². The van der Waals surface area contributed by atoms with Crippen LogP contribution >= 0.6 is 11.3 Å². The van der Waals surface area contributed by atoms with Crippen molar-refractivity contribution in [2.24, 2.45) is 0 Å². The van der Waals surface area contributed by atoms with E-state index in [1.807, 2.05) is 31.2 Å². The number of benzene rings is 1. The Kier molecular flexibility index (Phi) is 5.83. The number of hydrogen-bond acceptors (Lipinski definition) is 6. The predicted octanol–water partition coefficient (Wildman–Crippen LogP) is 3.07. The molecule has 0 aliphatic carbocycles. The van der Waals surface area contributed by atoms with Crippen molar-refractivity contribution in [3.63, 3.8) is 0 Å². The molecule has 1 aromatic heterocycles. The van der Waals surface area contributed by atoms with Crippen LogP contribution in [-0.4, -0.2) is 47.5 Å². The van der Waals surface area contributed by atoms with Crippen molar-refractivity contribution >= 4 is 22.5 Å². The number of ether oxygens (including phenoxy) is 2. The summed E-state index contributed by atoms with van der Waals surface area (Å²) in [5.41, 5.74) is 0.951. The lowest BCUT2D eigenvalue weighted by Gasteiger charge is -2.26. The van der Waals surface area contributed by atoms with E-state index < -0.39 is 0 Å². The summed E-state index contributed by atoms with van der Waals surface area (Å²) in [7, 11) is 1.63. The zero-order valence-corrected chi connectivity index (χ0v) is 15.2. The molecule has 1 fully saturated rings. The number of hydrogen-bond donors (Lipinski definition) is 1. The topological polar surface area (TPSA) is 76.6 Å². The first-order valence-corrected chi connectivity index (χ1v) is 9.07. The van der Waals surface area contributed by atoms with E-state index >= 15 is 0 Å². The fraction of sp³-hybridized carbons (Fsp3) is 0.471. The highest BCUT2D eigenvalue weighted by atomic mass is 32.1. The molecule has 1 aromatic carbocycles. The number of nitrogens with zero attached hydrogens (tertiary/aromatic N) is 3. The van der Waals surface area contributed by atoms with Crippen LogP contribution in [0.25, 0.3) is 0 Å². The van der Waals surface area contributed by atoms with Gasteiger partial charge in [-0.1, -0.05) is 29.5 Å². The molecule has 0 saturated carbocycles. The number of rotatable bonds is 6. The summed E-state index contributed by atoms with van der Waals surface area (Å²) in [6.07, 6.45) is 2.06. The van der Waals surface area contributed by atoms with Gasteiger partial charge in [-0.3, -0.25) is 5.32 Å². The first-order valence-electron chi connectivity index (χ1n) is 8.25.